The van der Waals surface area contributed by atoms with E-state index in [0.717, 1.165) is 68.7 Å². The number of nitro benzene ring substituents is 1. The Hall–Kier alpha value is -2.98. The Kier molecular flexibility index (Phi) is 8.36. The van der Waals surface area contributed by atoms with Gasteiger partial charge in [-0.3, -0.25) is 15.0 Å². The fraction of sp³-hybridized carbons (Fsp3) is 0.524. The van der Waals surface area contributed by atoms with E-state index in [2.05, 4.69) is 20.3 Å². The number of hydrogen-bond acceptors (Lipinski definition) is 7. The molecule has 0 atom stereocenters. The number of aromatic nitrogens is 1. The summed E-state index contributed by atoms with van der Waals surface area (Å²) >= 11 is 0. The van der Waals surface area contributed by atoms with E-state index < -0.39 is 4.92 Å². The van der Waals surface area contributed by atoms with Crippen LogP contribution in [0.3, 0.4) is 0 Å². The Morgan fingerprint density at radius 3 is 2.65 bits per heavy atom. The number of guanidine groups is 1. The van der Waals surface area contributed by atoms with Crippen molar-refractivity contribution in [3.05, 3.63) is 57.5 Å². The predicted octanol–water partition coefficient (Wildman–Crippen LogP) is 2.19. The summed E-state index contributed by atoms with van der Waals surface area (Å²) in [5.74, 6) is 1.68. The van der Waals surface area contributed by atoms with Crippen molar-refractivity contribution in [3.63, 3.8) is 0 Å². The number of nitro groups is 1. The first-order chi connectivity index (χ1) is 15.0. The van der Waals surface area contributed by atoms with Crippen molar-refractivity contribution in [3.8, 4) is 0 Å². The summed E-state index contributed by atoms with van der Waals surface area (Å²) in [6.07, 6.45) is 0.887. The minimum atomic E-state index is -0.393. The Labute approximate surface area is 182 Å². The van der Waals surface area contributed by atoms with Crippen LogP contribution in [-0.2, 0) is 17.8 Å². The van der Waals surface area contributed by atoms with Gasteiger partial charge in [0, 0.05) is 71.2 Å². The number of rotatable bonds is 9. The molecule has 1 N–H and O–H groups in total. The molecule has 0 spiro atoms. The highest BCUT2D eigenvalue weighted by Crippen LogP contribution is 2.13. The first-order valence-electron chi connectivity index (χ1n) is 10.4. The van der Waals surface area contributed by atoms with Crippen LogP contribution in [0.2, 0.25) is 0 Å². The third kappa shape index (κ3) is 7.04. The van der Waals surface area contributed by atoms with E-state index in [-0.39, 0.29) is 5.69 Å². The lowest BCUT2D eigenvalue weighted by molar-refractivity contribution is -0.384. The third-order valence-electron chi connectivity index (χ3n) is 5.10. The number of aliphatic imine (C=N–C) groups is 1. The van der Waals surface area contributed by atoms with Gasteiger partial charge in [-0.15, -0.1) is 0 Å². The number of non-ortho nitro benzene ring substituents is 1. The zero-order valence-corrected chi connectivity index (χ0v) is 18.1. The quantitative estimate of drug-likeness (QED) is 0.212. The standard InChI is InChI=1S/C21H30N6O4/c1-17-14-19(24-31-17)16-25-9-11-26(12-10-25)21(22-8-3-13-30-2)23-15-18-4-6-20(7-5-18)27(28)29/h4-7,14H,3,8-13,15-16H2,1-2H3,(H,22,23). The smallest absolute Gasteiger partial charge is 0.269 e. The van der Waals surface area contributed by atoms with Gasteiger partial charge in [-0.25, -0.2) is 4.99 Å². The molecule has 2 heterocycles. The molecule has 10 nitrogen and oxygen atoms in total. The maximum atomic E-state index is 10.8. The lowest BCUT2D eigenvalue weighted by Crippen LogP contribution is -2.52. The van der Waals surface area contributed by atoms with E-state index in [1.807, 2.05) is 13.0 Å². The first kappa shape index (κ1) is 22.7. The Balaban J connectivity index is 1.58. The van der Waals surface area contributed by atoms with Crippen molar-refractivity contribution < 1.29 is 14.2 Å². The number of nitrogens with zero attached hydrogens (tertiary/aromatic N) is 5. The van der Waals surface area contributed by atoms with E-state index in [1.165, 1.54) is 12.1 Å². The Morgan fingerprint density at radius 2 is 2.03 bits per heavy atom. The molecule has 1 aliphatic rings. The number of ether oxygens (including phenoxy) is 1. The number of benzene rings is 1. The SMILES string of the molecule is COCCCNC(=NCc1ccc([N+](=O)[O-])cc1)N1CCN(Cc2cc(C)on2)CC1. The van der Waals surface area contributed by atoms with E-state index >= 15 is 0 Å². The predicted molar refractivity (Wildman–Crippen MR) is 117 cm³/mol. The van der Waals surface area contributed by atoms with E-state index in [9.17, 15) is 10.1 Å². The number of nitrogens with one attached hydrogen (secondary N) is 1. The fourth-order valence-corrected chi connectivity index (χ4v) is 3.41. The van der Waals surface area contributed by atoms with Gasteiger partial charge >= 0.3 is 0 Å². The van der Waals surface area contributed by atoms with Crippen molar-refractivity contribution in [2.24, 2.45) is 4.99 Å². The monoisotopic (exact) mass is 430 g/mol. The van der Waals surface area contributed by atoms with Gasteiger partial charge in [-0.05, 0) is 18.9 Å². The molecule has 1 aromatic heterocycles. The Bertz CT molecular complexity index is 859. The van der Waals surface area contributed by atoms with Crippen LogP contribution in [0.15, 0.2) is 39.8 Å². The molecular formula is C21H30N6O4. The minimum absolute atomic E-state index is 0.0871. The topological polar surface area (TPSA) is 109 Å². The van der Waals surface area contributed by atoms with Crippen molar-refractivity contribution in [2.75, 3.05) is 46.4 Å². The van der Waals surface area contributed by atoms with Gasteiger partial charge < -0.3 is 19.5 Å². The highest BCUT2D eigenvalue weighted by Gasteiger charge is 2.20. The molecule has 2 aromatic rings. The number of methoxy groups -OCH3 is 1. The van der Waals surface area contributed by atoms with Crippen LogP contribution < -0.4 is 5.32 Å². The van der Waals surface area contributed by atoms with Crippen LogP contribution in [0, 0.1) is 17.0 Å². The molecular weight excluding hydrogens is 400 g/mol. The van der Waals surface area contributed by atoms with Crippen LogP contribution in [0.1, 0.15) is 23.4 Å². The summed E-state index contributed by atoms with van der Waals surface area (Å²) in [7, 11) is 1.69. The van der Waals surface area contributed by atoms with E-state index in [4.69, 9.17) is 14.3 Å². The van der Waals surface area contributed by atoms with Gasteiger partial charge in [0.2, 0.25) is 0 Å². The molecule has 1 aromatic carbocycles. The molecule has 10 heteroatoms. The maximum Gasteiger partial charge on any atom is 0.269 e. The van der Waals surface area contributed by atoms with Crippen LogP contribution >= 0.6 is 0 Å². The second-order valence-corrected chi connectivity index (χ2v) is 7.53. The largest absolute Gasteiger partial charge is 0.385 e. The number of hydrogen-bond donors (Lipinski definition) is 1. The molecule has 31 heavy (non-hydrogen) atoms. The number of aryl methyl sites for hydroxylation is 1. The number of piperazine rings is 1. The van der Waals surface area contributed by atoms with Gasteiger partial charge in [-0.1, -0.05) is 17.3 Å². The minimum Gasteiger partial charge on any atom is -0.385 e. The van der Waals surface area contributed by atoms with Crippen LogP contribution in [0.4, 0.5) is 5.69 Å². The van der Waals surface area contributed by atoms with Crippen molar-refractivity contribution in [1.82, 2.24) is 20.3 Å². The first-order valence-corrected chi connectivity index (χ1v) is 10.4. The van der Waals surface area contributed by atoms with Crippen molar-refractivity contribution in [2.45, 2.75) is 26.4 Å². The molecule has 0 saturated carbocycles. The molecule has 1 aliphatic heterocycles. The highest BCUT2D eigenvalue weighted by molar-refractivity contribution is 5.80. The summed E-state index contributed by atoms with van der Waals surface area (Å²) in [6.45, 7) is 8.12. The maximum absolute atomic E-state index is 10.8. The lowest BCUT2D eigenvalue weighted by Gasteiger charge is -2.36. The molecule has 0 unspecified atom stereocenters. The van der Waals surface area contributed by atoms with Gasteiger partial charge in [-0.2, -0.15) is 0 Å². The summed E-state index contributed by atoms with van der Waals surface area (Å²) in [6, 6.07) is 8.51. The second-order valence-electron chi connectivity index (χ2n) is 7.53. The van der Waals surface area contributed by atoms with Gasteiger partial charge in [0.25, 0.3) is 5.69 Å². The molecule has 1 fully saturated rings. The van der Waals surface area contributed by atoms with Gasteiger partial charge in [0.05, 0.1) is 17.2 Å². The normalized spacial score (nSPS) is 15.3. The van der Waals surface area contributed by atoms with Gasteiger partial charge in [0.15, 0.2) is 5.96 Å². The molecule has 168 valence electrons. The molecule has 0 radical (unpaired) electrons. The van der Waals surface area contributed by atoms with Crippen LogP contribution in [0.25, 0.3) is 0 Å². The zero-order chi connectivity index (χ0) is 22.1. The third-order valence-corrected chi connectivity index (χ3v) is 5.10. The average molecular weight is 431 g/mol. The average Bonchev–Trinajstić information content (AvgIpc) is 3.18. The molecule has 0 amide bonds. The second kappa shape index (κ2) is 11.4. The molecule has 3 rings (SSSR count). The van der Waals surface area contributed by atoms with Crippen LogP contribution in [-0.4, -0.2) is 72.3 Å². The molecule has 0 bridgehead atoms. The Morgan fingerprint density at radius 1 is 1.29 bits per heavy atom. The van der Waals surface area contributed by atoms with E-state index in [0.29, 0.717) is 13.2 Å². The summed E-state index contributed by atoms with van der Waals surface area (Å²) in [5, 5.41) is 18.4. The van der Waals surface area contributed by atoms with Gasteiger partial charge in [0.1, 0.15) is 5.76 Å². The molecule has 0 aliphatic carbocycles. The summed E-state index contributed by atoms with van der Waals surface area (Å²) < 4.78 is 10.3. The van der Waals surface area contributed by atoms with Crippen LogP contribution in [0.5, 0.6) is 0 Å². The fourth-order valence-electron chi connectivity index (χ4n) is 3.41. The zero-order valence-electron chi connectivity index (χ0n) is 18.1. The highest BCUT2D eigenvalue weighted by atomic mass is 16.6. The van der Waals surface area contributed by atoms with Crippen molar-refractivity contribution >= 4 is 11.6 Å². The van der Waals surface area contributed by atoms with Crippen molar-refractivity contribution in [1.29, 1.82) is 0 Å². The molecule has 1 saturated heterocycles. The summed E-state index contributed by atoms with van der Waals surface area (Å²) in [5.41, 5.74) is 1.97. The lowest BCUT2D eigenvalue weighted by atomic mass is 10.2. The van der Waals surface area contributed by atoms with E-state index in [1.54, 1.807) is 19.2 Å². The summed E-state index contributed by atoms with van der Waals surface area (Å²) in [4.78, 5) is 19.8.